The predicted octanol–water partition coefficient (Wildman–Crippen LogP) is 5.21. The first-order valence-corrected chi connectivity index (χ1v) is 15.4. The van der Waals surface area contributed by atoms with Gasteiger partial charge in [0.1, 0.15) is 17.7 Å². The van der Waals surface area contributed by atoms with Crippen molar-refractivity contribution in [1.29, 1.82) is 0 Å². The largest absolute Gasteiger partial charge is 0.463 e. The molecule has 9 nitrogen and oxygen atoms in total. The molecule has 11 heteroatoms. The third kappa shape index (κ3) is 8.63. The number of halogens is 1. The number of benzene rings is 2. The number of amides is 1. The number of ether oxygens (including phenoxy) is 4. The standard InChI is InChI=1S/C29H39FN2O7S/c1-29(2)37-20-23-17-22(10-11-26(23)39-29)27-19-32(28(33)38-27)12-6-3-4-7-13-36-14-8-5-9-21-15-24(30)18-25(16-21)40(31,34)35/h10-11,15-18,27H,3-9,12-14,19-20H2,1-2H3,(H2,31,34,35)/t27-/m0/s1. The summed E-state index contributed by atoms with van der Waals surface area (Å²) in [5.74, 6) is -0.451. The quantitative estimate of drug-likeness (QED) is 0.306. The Hall–Kier alpha value is -2.73. The lowest BCUT2D eigenvalue weighted by atomic mass is 10.0. The van der Waals surface area contributed by atoms with Crippen molar-refractivity contribution < 1.29 is 36.6 Å². The molecule has 2 aromatic carbocycles. The molecule has 2 aromatic rings. The minimum atomic E-state index is -3.93. The Kier molecular flexibility index (Phi) is 10.0. The van der Waals surface area contributed by atoms with Crippen LogP contribution in [0.3, 0.4) is 0 Å². The molecule has 0 aromatic heterocycles. The van der Waals surface area contributed by atoms with E-state index in [1.807, 2.05) is 32.0 Å². The van der Waals surface area contributed by atoms with Gasteiger partial charge in [-0.05, 0) is 73.6 Å². The minimum absolute atomic E-state index is 0.204. The molecule has 2 aliphatic heterocycles. The molecule has 0 aliphatic carbocycles. The fraction of sp³-hybridized carbons (Fsp3) is 0.552. The lowest BCUT2D eigenvalue weighted by Gasteiger charge is -2.32. The summed E-state index contributed by atoms with van der Waals surface area (Å²) in [6.07, 6.45) is 5.36. The van der Waals surface area contributed by atoms with Crippen LogP contribution in [0.5, 0.6) is 5.75 Å². The summed E-state index contributed by atoms with van der Waals surface area (Å²) >= 11 is 0. The molecule has 0 saturated carbocycles. The number of hydrogen-bond donors (Lipinski definition) is 1. The predicted molar refractivity (Wildman–Crippen MR) is 147 cm³/mol. The molecule has 4 rings (SSSR count). The van der Waals surface area contributed by atoms with Crippen molar-refractivity contribution in [1.82, 2.24) is 4.90 Å². The molecule has 0 radical (unpaired) electrons. The molecule has 1 atom stereocenters. The summed E-state index contributed by atoms with van der Waals surface area (Å²) < 4.78 is 59.4. The molecule has 0 spiro atoms. The van der Waals surface area contributed by atoms with Gasteiger partial charge in [-0.3, -0.25) is 0 Å². The zero-order chi connectivity index (χ0) is 28.8. The van der Waals surface area contributed by atoms with Crippen LogP contribution >= 0.6 is 0 Å². The second-order valence-corrected chi connectivity index (χ2v) is 12.4. The summed E-state index contributed by atoms with van der Waals surface area (Å²) in [5, 5.41) is 5.09. The van der Waals surface area contributed by atoms with Gasteiger partial charge in [0.15, 0.2) is 0 Å². The van der Waals surface area contributed by atoms with Crippen molar-refractivity contribution in [2.45, 2.75) is 82.2 Å². The molecule has 1 saturated heterocycles. The molecule has 0 unspecified atom stereocenters. The maximum Gasteiger partial charge on any atom is 0.410 e. The van der Waals surface area contributed by atoms with E-state index in [1.54, 1.807) is 4.90 Å². The number of hydrogen-bond acceptors (Lipinski definition) is 7. The van der Waals surface area contributed by atoms with Crippen molar-refractivity contribution in [3.8, 4) is 5.75 Å². The Bertz CT molecular complexity index is 1290. The molecule has 40 heavy (non-hydrogen) atoms. The number of carbonyl (C=O) groups excluding carboxylic acids is 1. The van der Waals surface area contributed by atoms with E-state index in [9.17, 15) is 17.6 Å². The van der Waals surface area contributed by atoms with E-state index in [1.165, 1.54) is 12.1 Å². The minimum Gasteiger partial charge on any atom is -0.463 e. The van der Waals surface area contributed by atoms with Crippen molar-refractivity contribution in [2.75, 3.05) is 26.3 Å². The molecule has 1 fully saturated rings. The highest BCUT2D eigenvalue weighted by molar-refractivity contribution is 7.89. The summed E-state index contributed by atoms with van der Waals surface area (Å²) in [6, 6.07) is 9.55. The van der Waals surface area contributed by atoms with Crippen LogP contribution in [0, 0.1) is 5.82 Å². The van der Waals surface area contributed by atoms with E-state index < -0.39 is 21.6 Å². The zero-order valence-electron chi connectivity index (χ0n) is 23.2. The van der Waals surface area contributed by atoms with Crippen LogP contribution in [0.4, 0.5) is 9.18 Å². The third-order valence-electron chi connectivity index (χ3n) is 7.01. The van der Waals surface area contributed by atoms with E-state index in [0.29, 0.717) is 44.9 Å². The average Bonchev–Trinajstić information content (AvgIpc) is 3.26. The van der Waals surface area contributed by atoms with E-state index >= 15 is 0 Å². The van der Waals surface area contributed by atoms with Crippen molar-refractivity contribution in [3.05, 3.63) is 58.9 Å². The molecule has 0 bridgehead atoms. The second-order valence-electron chi connectivity index (χ2n) is 10.8. The van der Waals surface area contributed by atoms with Crippen LogP contribution in [0.15, 0.2) is 41.3 Å². The number of sulfonamides is 1. The summed E-state index contributed by atoms with van der Waals surface area (Å²) in [6.45, 7) is 6.67. The fourth-order valence-corrected chi connectivity index (χ4v) is 5.44. The smallest absolute Gasteiger partial charge is 0.410 e. The summed E-state index contributed by atoms with van der Waals surface area (Å²) in [4.78, 5) is 13.9. The van der Waals surface area contributed by atoms with Gasteiger partial charge in [0.25, 0.3) is 0 Å². The van der Waals surface area contributed by atoms with Gasteiger partial charge in [-0.25, -0.2) is 22.7 Å². The Balaban J connectivity index is 1.05. The average molecular weight is 579 g/mol. The van der Waals surface area contributed by atoms with Crippen LogP contribution in [-0.2, 0) is 37.3 Å². The third-order valence-corrected chi connectivity index (χ3v) is 7.90. The maximum absolute atomic E-state index is 13.6. The number of nitrogens with zero attached hydrogens (tertiary/aromatic N) is 1. The van der Waals surface area contributed by atoms with E-state index in [-0.39, 0.29) is 17.1 Å². The number of unbranched alkanes of at least 4 members (excludes halogenated alkanes) is 4. The van der Waals surface area contributed by atoms with Crippen molar-refractivity contribution in [3.63, 3.8) is 0 Å². The first kappa shape index (κ1) is 30.2. The highest BCUT2D eigenvalue weighted by Crippen LogP contribution is 2.35. The van der Waals surface area contributed by atoms with Crippen molar-refractivity contribution in [2.24, 2.45) is 5.14 Å². The molecule has 1 amide bonds. The Morgan fingerprint density at radius 1 is 1.05 bits per heavy atom. The normalized spacial score (nSPS) is 18.4. The second kappa shape index (κ2) is 13.3. The van der Waals surface area contributed by atoms with Crippen LogP contribution < -0.4 is 9.88 Å². The van der Waals surface area contributed by atoms with Gasteiger partial charge in [-0.15, -0.1) is 0 Å². The zero-order valence-corrected chi connectivity index (χ0v) is 24.0. The number of carbonyl (C=O) groups is 1. The number of nitrogens with two attached hydrogens (primary N) is 1. The van der Waals surface area contributed by atoms with E-state index in [2.05, 4.69) is 0 Å². The highest BCUT2D eigenvalue weighted by atomic mass is 32.2. The van der Waals surface area contributed by atoms with Crippen LogP contribution in [0.25, 0.3) is 0 Å². The fourth-order valence-electron chi connectivity index (χ4n) is 4.85. The molecule has 2 heterocycles. The Morgan fingerprint density at radius 2 is 1.80 bits per heavy atom. The van der Waals surface area contributed by atoms with Gasteiger partial charge in [0, 0.05) is 39.2 Å². The first-order chi connectivity index (χ1) is 19.0. The van der Waals surface area contributed by atoms with E-state index in [4.69, 9.17) is 24.1 Å². The van der Waals surface area contributed by atoms with Gasteiger partial charge in [-0.1, -0.05) is 18.9 Å². The molecule has 2 aliphatic rings. The lowest BCUT2D eigenvalue weighted by Crippen LogP contribution is -2.35. The molecule has 2 N–H and O–H groups in total. The number of primary sulfonamides is 1. The number of cyclic esters (lactones) is 1. The number of aryl methyl sites for hydroxylation is 1. The van der Waals surface area contributed by atoms with Crippen LogP contribution in [0.2, 0.25) is 0 Å². The summed E-state index contributed by atoms with van der Waals surface area (Å²) in [5.41, 5.74) is 2.51. The Labute approximate surface area is 235 Å². The Morgan fingerprint density at radius 3 is 2.58 bits per heavy atom. The molecule has 220 valence electrons. The number of rotatable bonds is 14. The molecular weight excluding hydrogens is 539 g/mol. The van der Waals surface area contributed by atoms with Crippen LogP contribution in [-0.4, -0.2) is 51.5 Å². The SMILES string of the molecule is CC1(C)OCc2cc([C@@H]3CN(CCCCCCOCCCCc4cc(F)cc(S(N)(=O)=O)c4)C(=O)O3)ccc2O1. The molecular formula is C29H39FN2O7S. The summed E-state index contributed by atoms with van der Waals surface area (Å²) in [7, 11) is -3.93. The van der Waals surface area contributed by atoms with Crippen molar-refractivity contribution >= 4 is 16.1 Å². The monoisotopic (exact) mass is 578 g/mol. The van der Waals surface area contributed by atoms with Gasteiger partial charge in [0.2, 0.25) is 15.8 Å². The lowest BCUT2D eigenvalue weighted by molar-refractivity contribution is -0.180. The van der Waals surface area contributed by atoms with E-state index in [0.717, 1.165) is 61.5 Å². The highest BCUT2D eigenvalue weighted by Gasteiger charge is 2.33. The van der Waals surface area contributed by atoms with Gasteiger partial charge in [0.05, 0.1) is 18.0 Å². The van der Waals surface area contributed by atoms with Gasteiger partial charge >= 0.3 is 6.09 Å². The maximum atomic E-state index is 13.6. The number of fused-ring (bicyclic) bond motifs is 1. The first-order valence-electron chi connectivity index (χ1n) is 13.8. The van der Waals surface area contributed by atoms with Gasteiger partial charge in [-0.2, -0.15) is 0 Å². The van der Waals surface area contributed by atoms with Gasteiger partial charge < -0.3 is 23.8 Å². The topological polar surface area (TPSA) is 117 Å². The van der Waals surface area contributed by atoms with Crippen LogP contribution in [0.1, 0.15) is 75.2 Å².